The molecule has 2 heteroatoms. The Bertz CT molecular complexity index is 758. The van der Waals surface area contributed by atoms with Gasteiger partial charge in [-0.05, 0) is 30.7 Å². The summed E-state index contributed by atoms with van der Waals surface area (Å²) in [6.07, 6.45) is 1.12. The van der Waals surface area contributed by atoms with Gasteiger partial charge in [0.05, 0.1) is 0 Å². The van der Waals surface area contributed by atoms with Crippen LogP contribution in [0.15, 0.2) is 54.6 Å². The van der Waals surface area contributed by atoms with Gasteiger partial charge in [-0.1, -0.05) is 48.5 Å². The maximum atomic E-state index is 3.70. The third kappa shape index (κ3) is 2.16. The molecule has 1 N–H and O–H groups in total. The summed E-state index contributed by atoms with van der Waals surface area (Å²) in [5.74, 6) is 0.432. The summed E-state index contributed by atoms with van der Waals surface area (Å²) in [4.78, 5) is 6.14. The minimum Gasteiger partial charge on any atom is -0.358 e. The number of nitrogens with one attached hydrogen (secondary N) is 1. The molecule has 1 atom stereocenters. The molecule has 1 aliphatic rings. The largest absolute Gasteiger partial charge is 0.358 e. The van der Waals surface area contributed by atoms with Crippen molar-refractivity contribution >= 4 is 10.9 Å². The molecule has 0 spiro atoms. The van der Waals surface area contributed by atoms with Crippen LogP contribution in [0.3, 0.4) is 0 Å². The van der Waals surface area contributed by atoms with Crippen molar-refractivity contribution < 1.29 is 0 Å². The molecule has 4 rings (SSSR count). The number of fused-ring (bicyclic) bond motifs is 3. The third-order valence-electron chi connectivity index (χ3n) is 4.63. The fourth-order valence-electron chi connectivity index (χ4n) is 3.54. The first-order valence-electron chi connectivity index (χ1n) is 7.66. The monoisotopic (exact) mass is 276 g/mol. The molecule has 3 aromatic rings. The zero-order valence-electron chi connectivity index (χ0n) is 12.3. The normalized spacial score (nSPS) is 19.4. The Balaban J connectivity index is 1.91. The number of aromatic amines is 1. The topological polar surface area (TPSA) is 19.0 Å². The summed E-state index contributed by atoms with van der Waals surface area (Å²) in [6.45, 7) is 2.20. The van der Waals surface area contributed by atoms with Crippen molar-refractivity contribution in [2.24, 2.45) is 0 Å². The molecule has 0 aliphatic carbocycles. The highest BCUT2D eigenvalue weighted by Crippen LogP contribution is 2.34. The molecule has 1 aliphatic heterocycles. The molecule has 0 fully saturated rings. The smallest absolute Gasteiger partial charge is 0.0459 e. The van der Waals surface area contributed by atoms with E-state index in [2.05, 4.69) is 71.5 Å². The number of H-pyrrole nitrogens is 1. The second-order valence-electron chi connectivity index (χ2n) is 6.04. The fraction of sp³-hybridized carbons (Fsp3) is 0.263. The highest BCUT2D eigenvalue weighted by Gasteiger charge is 2.25. The number of rotatable bonds is 1. The van der Waals surface area contributed by atoms with E-state index in [1.165, 1.54) is 27.7 Å². The molecule has 1 aromatic heterocycles. The number of benzene rings is 2. The van der Waals surface area contributed by atoms with Gasteiger partial charge in [-0.2, -0.15) is 0 Å². The van der Waals surface area contributed by atoms with Crippen molar-refractivity contribution in [2.75, 3.05) is 20.1 Å². The summed E-state index contributed by atoms with van der Waals surface area (Å²) in [6, 6.07) is 19.6. The maximum absolute atomic E-state index is 3.70. The highest BCUT2D eigenvalue weighted by atomic mass is 15.1. The van der Waals surface area contributed by atoms with Gasteiger partial charge in [0.15, 0.2) is 0 Å². The van der Waals surface area contributed by atoms with Crippen LogP contribution < -0.4 is 0 Å². The molecule has 2 nitrogen and oxygen atoms in total. The van der Waals surface area contributed by atoms with E-state index in [9.17, 15) is 0 Å². The van der Waals surface area contributed by atoms with Crippen LogP contribution in [0.4, 0.5) is 0 Å². The molecule has 0 bridgehead atoms. The molecule has 0 saturated heterocycles. The van der Waals surface area contributed by atoms with E-state index in [1.54, 1.807) is 0 Å². The van der Waals surface area contributed by atoms with Crippen LogP contribution in [0.2, 0.25) is 0 Å². The SMILES string of the molecule is CN1CCc2c([nH]c3ccccc23)[C@@H](c2ccccc2)C1. The molecule has 0 radical (unpaired) electrons. The Morgan fingerprint density at radius 3 is 2.62 bits per heavy atom. The Hall–Kier alpha value is -2.06. The maximum Gasteiger partial charge on any atom is 0.0459 e. The predicted molar refractivity (Wildman–Crippen MR) is 87.8 cm³/mol. The minimum absolute atomic E-state index is 0.432. The van der Waals surface area contributed by atoms with Gasteiger partial charge in [-0.15, -0.1) is 0 Å². The van der Waals surface area contributed by atoms with Crippen molar-refractivity contribution in [1.82, 2.24) is 9.88 Å². The Labute approximate surface area is 125 Å². The van der Waals surface area contributed by atoms with Gasteiger partial charge in [0.1, 0.15) is 0 Å². The number of aromatic nitrogens is 1. The number of para-hydroxylation sites is 1. The van der Waals surface area contributed by atoms with E-state index in [-0.39, 0.29) is 0 Å². The molecule has 0 amide bonds. The van der Waals surface area contributed by atoms with Gasteiger partial charge in [0.2, 0.25) is 0 Å². The summed E-state index contributed by atoms with van der Waals surface area (Å²) >= 11 is 0. The zero-order chi connectivity index (χ0) is 14.2. The van der Waals surface area contributed by atoms with E-state index in [1.807, 2.05) is 0 Å². The van der Waals surface area contributed by atoms with Crippen molar-refractivity contribution in [3.05, 3.63) is 71.4 Å². The van der Waals surface area contributed by atoms with Crippen molar-refractivity contribution in [1.29, 1.82) is 0 Å². The molecule has 2 aromatic carbocycles. The molecule has 21 heavy (non-hydrogen) atoms. The molecule has 106 valence electrons. The van der Waals surface area contributed by atoms with E-state index in [0.717, 1.165) is 19.5 Å². The van der Waals surface area contributed by atoms with Crippen LogP contribution in [0.25, 0.3) is 10.9 Å². The fourth-order valence-corrected chi connectivity index (χ4v) is 3.54. The average molecular weight is 276 g/mol. The molecular formula is C19H20N2. The van der Waals surface area contributed by atoms with E-state index >= 15 is 0 Å². The zero-order valence-corrected chi connectivity index (χ0v) is 12.3. The summed E-state index contributed by atoms with van der Waals surface area (Å²) < 4.78 is 0. The number of hydrogen-bond donors (Lipinski definition) is 1. The Morgan fingerprint density at radius 2 is 1.76 bits per heavy atom. The Morgan fingerprint density at radius 1 is 1.00 bits per heavy atom. The van der Waals surface area contributed by atoms with Crippen LogP contribution in [0.1, 0.15) is 22.7 Å². The summed E-state index contributed by atoms with van der Waals surface area (Å²) in [5.41, 5.74) is 5.59. The van der Waals surface area contributed by atoms with Crippen LogP contribution in [0, 0.1) is 0 Å². The standard InChI is InChI=1S/C19H20N2/c1-21-12-11-16-15-9-5-6-10-18(15)20-19(16)17(13-21)14-7-3-2-4-8-14/h2-10,17,20H,11-13H2,1H3/t17-/m1/s1. The lowest BCUT2D eigenvalue weighted by Crippen LogP contribution is -2.24. The number of hydrogen-bond acceptors (Lipinski definition) is 1. The third-order valence-corrected chi connectivity index (χ3v) is 4.63. The van der Waals surface area contributed by atoms with Gasteiger partial charge in [0, 0.05) is 35.6 Å². The molecular weight excluding hydrogens is 256 g/mol. The quantitative estimate of drug-likeness (QED) is 0.716. The summed E-state index contributed by atoms with van der Waals surface area (Å²) in [7, 11) is 2.23. The molecule has 0 unspecified atom stereocenters. The number of nitrogens with zero attached hydrogens (tertiary/aromatic N) is 1. The van der Waals surface area contributed by atoms with Gasteiger partial charge in [-0.3, -0.25) is 0 Å². The van der Waals surface area contributed by atoms with Crippen LogP contribution in [-0.2, 0) is 6.42 Å². The average Bonchev–Trinajstić information content (AvgIpc) is 2.81. The van der Waals surface area contributed by atoms with Gasteiger partial charge >= 0.3 is 0 Å². The number of likely N-dealkylation sites (N-methyl/N-ethyl adjacent to an activating group) is 1. The van der Waals surface area contributed by atoms with Gasteiger partial charge in [0.25, 0.3) is 0 Å². The van der Waals surface area contributed by atoms with Crippen molar-refractivity contribution in [3.63, 3.8) is 0 Å². The minimum atomic E-state index is 0.432. The molecule has 2 heterocycles. The highest BCUT2D eigenvalue weighted by molar-refractivity contribution is 5.85. The second kappa shape index (κ2) is 5.05. The van der Waals surface area contributed by atoms with E-state index in [0.29, 0.717) is 5.92 Å². The van der Waals surface area contributed by atoms with Gasteiger partial charge < -0.3 is 9.88 Å². The van der Waals surface area contributed by atoms with E-state index < -0.39 is 0 Å². The van der Waals surface area contributed by atoms with Crippen LogP contribution in [0.5, 0.6) is 0 Å². The first-order chi connectivity index (χ1) is 10.3. The predicted octanol–water partition coefficient (Wildman–Crippen LogP) is 3.79. The Kier molecular flexibility index (Phi) is 3.04. The summed E-state index contributed by atoms with van der Waals surface area (Å²) in [5, 5.41) is 1.39. The van der Waals surface area contributed by atoms with Gasteiger partial charge in [-0.25, -0.2) is 0 Å². The lowest BCUT2D eigenvalue weighted by molar-refractivity contribution is 0.337. The lowest BCUT2D eigenvalue weighted by atomic mass is 9.93. The van der Waals surface area contributed by atoms with Crippen molar-refractivity contribution in [3.8, 4) is 0 Å². The van der Waals surface area contributed by atoms with Crippen LogP contribution >= 0.6 is 0 Å². The second-order valence-corrected chi connectivity index (χ2v) is 6.04. The lowest BCUT2D eigenvalue weighted by Gasteiger charge is -2.20. The first-order valence-corrected chi connectivity index (χ1v) is 7.66. The van der Waals surface area contributed by atoms with Crippen LogP contribution in [-0.4, -0.2) is 30.0 Å². The van der Waals surface area contributed by atoms with E-state index in [4.69, 9.17) is 0 Å². The first kappa shape index (κ1) is 12.7. The molecule has 0 saturated carbocycles. The van der Waals surface area contributed by atoms with Crippen molar-refractivity contribution in [2.45, 2.75) is 12.3 Å².